The molecule has 0 bridgehead atoms. The minimum atomic E-state index is -3.74. The molecule has 1 atom stereocenters. The monoisotopic (exact) mass is 298 g/mol. The summed E-state index contributed by atoms with van der Waals surface area (Å²) in [4.78, 5) is 22.3. The lowest BCUT2D eigenvalue weighted by molar-refractivity contribution is -0.120. The van der Waals surface area contributed by atoms with E-state index in [1.165, 1.54) is 38.1 Å². The largest absolute Gasteiger partial charge is 0.326 e. The maximum Gasteiger partial charge on any atom is 0.241 e. The summed E-state index contributed by atoms with van der Waals surface area (Å²) in [5, 5.41) is 2.54. The van der Waals surface area contributed by atoms with Gasteiger partial charge in [-0.1, -0.05) is 6.92 Å². The van der Waals surface area contributed by atoms with Gasteiger partial charge in [-0.2, -0.15) is 0 Å². The lowest BCUT2D eigenvalue weighted by atomic mass is 10.2. The van der Waals surface area contributed by atoms with Crippen LogP contribution in [-0.4, -0.2) is 26.2 Å². The van der Waals surface area contributed by atoms with Crippen molar-refractivity contribution in [1.82, 2.24) is 4.72 Å². The number of anilines is 1. The standard InChI is InChI=1S/C13H18N2O4S/c1-4-13(17)9(2)15-20(18,19)12-7-5-11(6-8-12)14-10(3)16/h5-9,15H,4H2,1-3H3,(H,14,16). The molecule has 20 heavy (non-hydrogen) atoms. The second kappa shape index (κ2) is 6.62. The molecule has 1 aromatic rings. The highest BCUT2D eigenvalue weighted by Crippen LogP contribution is 2.14. The van der Waals surface area contributed by atoms with E-state index in [0.29, 0.717) is 5.69 Å². The molecule has 0 radical (unpaired) electrons. The quantitative estimate of drug-likeness (QED) is 0.827. The Morgan fingerprint density at radius 3 is 2.20 bits per heavy atom. The Balaban J connectivity index is 2.88. The van der Waals surface area contributed by atoms with Gasteiger partial charge < -0.3 is 5.32 Å². The van der Waals surface area contributed by atoms with Crippen molar-refractivity contribution in [3.8, 4) is 0 Å². The number of amides is 1. The summed E-state index contributed by atoms with van der Waals surface area (Å²) < 4.78 is 26.4. The minimum absolute atomic E-state index is 0.0438. The SMILES string of the molecule is CCC(=O)C(C)NS(=O)(=O)c1ccc(NC(C)=O)cc1. The second-order valence-corrected chi connectivity index (χ2v) is 6.08. The first kappa shape index (κ1) is 16.3. The van der Waals surface area contributed by atoms with Gasteiger partial charge in [0.05, 0.1) is 10.9 Å². The lowest BCUT2D eigenvalue weighted by Gasteiger charge is -2.12. The third kappa shape index (κ3) is 4.43. The number of benzene rings is 1. The number of nitrogens with one attached hydrogen (secondary N) is 2. The molecule has 1 amide bonds. The number of carbonyl (C=O) groups excluding carboxylic acids is 2. The van der Waals surface area contributed by atoms with Crippen molar-refractivity contribution in [2.75, 3.05) is 5.32 Å². The van der Waals surface area contributed by atoms with Gasteiger partial charge in [0.1, 0.15) is 5.78 Å². The fraction of sp³-hybridized carbons (Fsp3) is 0.385. The van der Waals surface area contributed by atoms with Crippen molar-refractivity contribution >= 4 is 27.4 Å². The van der Waals surface area contributed by atoms with Gasteiger partial charge in [-0.25, -0.2) is 13.1 Å². The summed E-state index contributed by atoms with van der Waals surface area (Å²) >= 11 is 0. The average Bonchev–Trinajstić information content (AvgIpc) is 2.37. The molecule has 0 saturated carbocycles. The summed E-state index contributed by atoms with van der Waals surface area (Å²) in [6, 6.07) is 4.96. The van der Waals surface area contributed by atoms with Gasteiger partial charge in [-0.15, -0.1) is 0 Å². The van der Waals surface area contributed by atoms with Gasteiger partial charge in [0.25, 0.3) is 0 Å². The minimum Gasteiger partial charge on any atom is -0.326 e. The van der Waals surface area contributed by atoms with Crippen LogP contribution < -0.4 is 10.0 Å². The van der Waals surface area contributed by atoms with Crippen LogP contribution in [0.5, 0.6) is 0 Å². The third-order valence-corrected chi connectivity index (χ3v) is 4.20. The van der Waals surface area contributed by atoms with Gasteiger partial charge in [0.2, 0.25) is 15.9 Å². The molecule has 110 valence electrons. The molecular formula is C13H18N2O4S. The predicted molar refractivity (Wildman–Crippen MR) is 75.8 cm³/mol. The third-order valence-electron chi connectivity index (χ3n) is 2.65. The van der Waals surface area contributed by atoms with E-state index >= 15 is 0 Å². The fourth-order valence-corrected chi connectivity index (χ4v) is 2.82. The number of hydrogen-bond donors (Lipinski definition) is 2. The van der Waals surface area contributed by atoms with E-state index in [4.69, 9.17) is 0 Å². The molecule has 0 aromatic heterocycles. The Bertz CT molecular complexity index is 593. The van der Waals surface area contributed by atoms with Gasteiger partial charge in [0, 0.05) is 19.0 Å². The zero-order valence-corrected chi connectivity index (χ0v) is 12.5. The maximum atomic E-state index is 12.0. The maximum absolute atomic E-state index is 12.0. The summed E-state index contributed by atoms with van der Waals surface area (Å²) in [5.74, 6) is -0.413. The molecule has 0 fully saturated rings. The fourth-order valence-electron chi connectivity index (χ4n) is 1.59. The summed E-state index contributed by atoms with van der Waals surface area (Å²) in [7, 11) is -3.74. The molecule has 0 spiro atoms. The van der Waals surface area contributed by atoms with E-state index in [9.17, 15) is 18.0 Å². The molecule has 1 aromatic carbocycles. The first-order valence-corrected chi connectivity index (χ1v) is 7.67. The zero-order chi connectivity index (χ0) is 15.3. The number of ketones is 1. The smallest absolute Gasteiger partial charge is 0.241 e. The van der Waals surface area contributed by atoms with Crippen LogP contribution in [0.25, 0.3) is 0 Å². The van der Waals surface area contributed by atoms with E-state index in [1.807, 2.05) is 0 Å². The molecule has 7 heteroatoms. The Morgan fingerprint density at radius 2 is 1.75 bits per heavy atom. The summed E-state index contributed by atoms with van der Waals surface area (Å²) in [6.45, 7) is 4.55. The number of carbonyl (C=O) groups is 2. The first-order valence-electron chi connectivity index (χ1n) is 6.19. The topological polar surface area (TPSA) is 92.3 Å². The van der Waals surface area contributed by atoms with Crippen LogP contribution in [-0.2, 0) is 19.6 Å². The molecule has 1 rings (SSSR count). The van der Waals surface area contributed by atoms with Crippen molar-refractivity contribution in [1.29, 1.82) is 0 Å². The highest BCUT2D eigenvalue weighted by Gasteiger charge is 2.20. The molecule has 0 heterocycles. The van der Waals surface area contributed by atoms with Gasteiger partial charge in [0.15, 0.2) is 0 Å². The van der Waals surface area contributed by atoms with Crippen molar-refractivity contribution in [3.63, 3.8) is 0 Å². The highest BCUT2D eigenvalue weighted by molar-refractivity contribution is 7.89. The Kier molecular flexibility index (Phi) is 5.41. The van der Waals surface area contributed by atoms with Crippen LogP contribution in [0, 0.1) is 0 Å². The van der Waals surface area contributed by atoms with Crippen molar-refractivity contribution in [2.45, 2.75) is 38.1 Å². The Labute approximate surface area is 118 Å². The number of hydrogen-bond acceptors (Lipinski definition) is 4. The number of Topliss-reactive ketones (excluding diaryl/α,β-unsaturated/α-hetero) is 1. The highest BCUT2D eigenvalue weighted by atomic mass is 32.2. The van der Waals surface area contributed by atoms with Crippen molar-refractivity contribution in [2.24, 2.45) is 0 Å². The van der Waals surface area contributed by atoms with E-state index in [-0.39, 0.29) is 23.0 Å². The molecule has 0 saturated heterocycles. The molecule has 2 N–H and O–H groups in total. The van der Waals surface area contributed by atoms with Crippen molar-refractivity contribution in [3.05, 3.63) is 24.3 Å². The van der Waals surface area contributed by atoms with Crippen LogP contribution in [0.1, 0.15) is 27.2 Å². The second-order valence-electron chi connectivity index (χ2n) is 4.37. The Hall–Kier alpha value is -1.73. The molecule has 0 aliphatic heterocycles. The van der Waals surface area contributed by atoms with Crippen LogP contribution in [0.15, 0.2) is 29.2 Å². The summed E-state index contributed by atoms with van der Waals surface area (Å²) in [6.07, 6.45) is 0.269. The normalized spacial score (nSPS) is 12.8. The van der Waals surface area contributed by atoms with Crippen LogP contribution >= 0.6 is 0 Å². The first-order chi connectivity index (χ1) is 9.26. The predicted octanol–water partition coefficient (Wildman–Crippen LogP) is 1.29. The molecular weight excluding hydrogens is 280 g/mol. The lowest BCUT2D eigenvalue weighted by Crippen LogP contribution is -2.38. The molecule has 0 aliphatic rings. The van der Waals surface area contributed by atoms with Gasteiger partial charge in [-0.05, 0) is 31.2 Å². The van der Waals surface area contributed by atoms with E-state index in [1.54, 1.807) is 6.92 Å². The van der Waals surface area contributed by atoms with E-state index < -0.39 is 16.1 Å². The molecule has 6 nitrogen and oxygen atoms in total. The molecule has 0 aliphatic carbocycles. The van der Waals surface area contributed by atoms with Crippen LogP contribution in [0.4, 0.5) is 5.69 Å². The zero-order valence-electron chi connectivity index (χ0n) is 11.6. The average molecular weight is 298 g/mol. The Morgan fingerprint density at radius 1 is 1.20 bits per heavy atom. The van der Waals surface area contributed by atoms with Gasteiger partial charge >= 0.3 is 0 Å². The van der Waals surface area contributed by atoms with Crippen molar-refractivity contribution < 1.29 is 18.0 Å². The van der Waals surface area contributed by atoms with E-state index in [0.717, 1.165) is 0 Å². The van der Waals surface area contributed by atoms with Crippen LogP contribution in [0.2, 0.25) is 0 Å². The van der Waals surface area contributed by atoms with E-state index in [2.05, 4.69) is 10.0 Å². The number of rotatable bonds is 6. The summed E-state index contributed by atoms with van der Waals surface area (Å²) in [5.41, 5.74) is 0.508. The molecule has 1 unspecified atom stereocenters. The van der Waals surface area contributed by atoms with Gasteiger partial charge in [-0.3, -0.25) is 9.59 Å². The number of sulfonamides is 1. The van der Waals surface area contributed by atoms with Crippen LogP contribution in [0.3, 0.4) is 0 Å².